The zero-order valence-corrected chi connectivity index (χ0v) is 8.48. The predicted molar refractivity (Wildman–Crippen MR) is 57.6 cm³/mol. The van der Waals surface area contributed by atoms with Crippen molar-refractivity contribution in [3.8, 4) is 0 Å². The smallest absolute Gasteiger partial charge is 0.216 e. The topological polar surface area (TPSA) is 56.8 Å². The minimum atomic E-state index is 0.538. The van der Waals surface area contributed by atoms with Gasteiger partial charge in [0.15, 0.2) is 0 Å². The summed E-state index contributed by atoms with van der Waals surface area (Å²) < 4.78 is 5.37. The van der Waals surface area contributed by atoms with Crippen molar-refractivity contribution in [3.05, 3.63) is 35.4 Å². The Labute approximate surface area is 88.7 Å². The molecule has 1 aliphatic rings. The van der Waals surface area contributed by atoms with Crippen LogP contribution in [-0.2, 0) is 16.0 Å². The van der Waals surface area contributed by atoms with Crippen LogP contribution in [0.2, 0.25) is 0 Å². The molecule has 4 nitrogen and oxygen atoms in total. The molecule has 4 heteroatoms. The monoisotopic (exact) mass is 206 g/mol. The number of nitrogens with two attached hydrogens (primary N) is 1. The molecule has 0 fully saturated rings. The largest absolute Gasteiger partial charge is 0.476 e. The molecule has 0 spiro atoms. The van der Waals surface area contributed by atoms with Crippen molar-refractivity contribution >= 4 is 5.90 Å². The molecule has 0 radical (unpaired) electrons. The third-order valence-electron chi connectivity index (χ3n) is 2.29. The molecule has 1 heterocycles. The highest BCUT2D eigenvalue weighted by molar-refractivity contribution is 5.94. The number of nitrogens with zero attached hydrogens (tertiary/aromatic N) is 1. The molecule has 1 aliphatic heterocycles. The summed E-state index contributed by atoms with van der Waals surface area (Å²) >= 11 is 0. The van der Waals surface area contributed by atoms with Crippen LogP contribution in [0, 0.1) is 0 Å². The SMILES string of the molecule is NOCCc1ccc(C2=NCCO2)cc1. The Hall–Kier alpha value is -1.39. The lowest BCUT2D eigenvalue weighted by atomic mass is 10.1. The van der Waals surface area contributed by atoms with Gasteiger partial charge in [-0.25, -0.2) is 10.9 Å². The number of benzene rings is 1. The van der Waals surface area contributed by atoms with Crippen molar-refractivity contribution in [2.45, 2.75) is 6.42 Å². The van der Waals surface area contributed by atoms with Gasteiger partial charge in [0.1, 0.15) is 6.61 Å². The van der Waals surface area contributed by atoms with Gasteiger partial charge in [-0.3, -0.25) is 0 Å². The molecule has 80 valence electrons. The summed E-state index contributed by atoms with van der Waals surface area (Å²) in [5.41, 5.74) is 2.23. The Balaban J connectivity index is 2.03. The van der Waals surface area contributed by atoms with Gasteiger partial charge in [0.25, 0.3) is 0 Å². The molecule has 0 aliphatic carbocycles. The van der Waals surface area contributed by atoms with Gasteiger partial charge in [-0.2, -0.15) is 0 Å². The van der Waals surface area contributed by atoms with Crippen molar-refractivity contribution in [2.24, 2.45) is 10.9 Å². The lowest BCUT2D eigenvalue weighted by Crippen LogP contribution is -2.04. The summed E-state index contributed by atoms with van der Waals surface area (Å²) in [7, 11) is 0. The van der Waals surface area contributed by atoms with E-state index in [4.69, 9.17) is 10.6 Å². The Morgan fingerprint density at radius 2 is 2.13 bits per heavy atom. The summed E-state index contributed by atoms with van der Waals surface area (Å²) in [6.45, 7) is 1.99. The number of rotatable bonds is 4. The number of hydrogen-bond donors (Lipinski definition) is 1. The lowest BCUT2D eigenvalue weighted by Gasteiger charge is -2.03. The van der Waals surface area contributed by atoms with E-state index in [2.05, 4.69) is 9.83 Å². The minimum Gasteiger partial charge on any atom is -0.476 e. The van der Waals surface area contributed by atoms with Gasteiger partial charge in [0.2, 0.25) is 5.90 Å². The van der Waals surface area contributed by atoms with E-state index in [-0.39, 0.29) is 0 Å². The molecule has 0 saturated heterocycles. The standard InChI is InChI=1S/C11H14N2O2/c12-15-7-5-9-1-3-10(4-2-9)11-13-6-8-14-11/h1-4H,5-8,12H2. The van der Waals surface area contributed by atoms with E-state index in [1.54, 1.807) is 0 Å². The minimum absolute atomic E-state index is 0.538. The predicted octanol–water partition coefficient (Wildman–Crippen LogP) is 0.896. The molecular formula is C11H14N2O2. The fraction of sp³-hybridized carbons (Fsp3) is 0.364. The molecule has 0 bridgehead atoms. The van der Waals surface area contributed by atoms with Crippen molar-refractivity contribution < 1.29 is 9.57 Å². The van der Waals surface area contributed by atoms with Gasteiger partial charge in [-0.1, -0.05) is 12.1 Å². The highest BCUT2D eigenvalue weighted by atomic mass is 16.6. The summed E-state index contributed by atoms with van der Waals surface area (Å²) in [5.74, 6) is 5.71. The highest BCUT2D eigenvalue weighted by Gasteiger charge is 2.09. The fourth-order valence-electron chi connectivity index (χ4n) is 1.50. The molecule has 1 aromatic rings. The molecule has 0 atom stereocenters. The van der Waals surface area contributed by atoms with Crippen LogP contribution in [0.25, 0.3) is 0 Å². The number of ether oxygens (including phenoxy) is 1. The van der Waals surface area contributed by atoms with Crippen LogP contribution in [0.4, 0.5) is 0 Å². The van der Waals surface area contributed by atoms with Gasteiger partial charge in [0, 0.05) is 5.56 Å². The van der Waals surface area contributed by atoms with Crippen molar-refractivity contribution in [1.82, 2.24) is 0 Å². The first kappa shape index (κ1) is 10.1. The fourth-order valence-corrected chi connectivity index (χ4v) is 1.50. The molecule has 2 N–H and O–H groups in total. The van der Waals surface area contributed by atoms with Gasteiger partial charge < -0.3 is 9.57 Å². The Morgan fingerprint density at radius 3 is 2.73 bits per heavy atom. The number of aliphatic imine (C=N–C) groups is 1. The first-order valence-corrected chi connectivity index (χ1v) is 4.98. The molecule has 2 rings (SSSR count). The molecule has 0 amide bonds. The second-order valence-electron chi connectivity index (χ2n) is 3.35. The van der Waals surface area contributed by atoms with Crippen molar-refractivity contribution in [2.75, 3.05) is 19.8 Å². The molecule has 15 heavy (non-hydrogen) atoms. The summed E-state index contributed by atoms with van der Waals surface area (Å²) in [4.78, 5) is 8.77. The zero-order chi connectivity index (χ0) is 10.5. The Kier molecular flexibility index (Phi) is 3.32. The van der Waals surface area contributed by atoms with Gasteiger partial charge in [-0.15, -0.1) is 0 Å². The van der Waals surface area contributed by atoms with Gasteiger partial charge in [-0.05, 0) is 24.1 Å². The summed E-state index contributed by atoms with van der Waals surface area (Å²) in [6.07, 6.45) is 0.824. The van der Waals surface area contributed by atoms with E-state index in [1.165, 1.54) is 5.56 Å². The van der Waals surface area contributed by atoms with Crippen LogP contribution < -0.4 is 5.90 Å². The van der Waals surface area contributed by atoms with E-state index in [0.717, 1.165) is 24.4 Å². The molecule has 1 aromatic carbocycles. The van der Waals surface area contributed by atoms with Crippen LogP contribution in [0.5, 0.6) is 0 Å². The van der Waals surface area contributed by atoms with E-state index < -0.39 is 0 Å². The van der Waals surface area contributed by atoms with E-state index in [9.17, 15) is 0 Å². The third kappa shape index (κ3) is 2.55. The first-order valence-electron chi connectivity index (χ1n) is 4.98. The van der Waals surface area contributed by atoms with Crippen LogP contribution in [0.15, 0.2) is 29.3 Å². The zero-order valence-electron chi connectivity index (χ0n) is 8.48. The Bertz CT molecular complexity index is 346. The first-order chi connectivity index (χ1) is 7.40. The van der Waals surface area contributed by atoms with E-state index in [0.29, 0.717) is 13.2 Å². The van der Waals surface area contributed by atoms with Gasteiger partial charge >= 0.3 is 0 Å². The van der Waals surface area contributed by atoms with Crippen molar-refractivity contribution in [3.63, 3.8) is 0 Å². The molecular weight excluding hydrogens is 192 g/mol. The van der Waals surface area contributed by atoms with E-state index in [1.807, 2.05) is 24.3 Å². The van der Waals surface area contributed by atoms with Crippen molar-refractivity contribution in [1.29, 1.82) is 0 Å². The quantitative estimate of drug-likeness (QED) is 0.744. The Morgan fingerprint density at radius 1 is 1.33 bits per heavy atom. The molecule has 0 saturated carbocycles. The van der Waals surface area contributed by atoms with Crippen LogP contribution >= 0.6 is 0 Å². The van der Waals surface area contributed by atoms with Gasteiger partial charge in [0.05, 0.1) is 13.2 Å². The van der Waals surface area contributed by atoms with Crippen LogP contribution in [-0.4, -0.2) is 25.7 Å². The van der Waals surface area contributed by atoms with E-state index >= 15 is 0 Å². The lowest BCUT2D eigenvalue weighted by molar-refractivity contribution is 0.141. The second kappa shape index (κ2) is 4.91. The number of hydrogen-bond acceptors (Lipinski definition) is 4. The maximum atomic E-state index is 5.37. The summed E-state index contributed by atoms with van der Waals surface area (Å²) in [5, 5.41) is 0. The van der Waals surface area contributed by atoms with Crippen LogP contribution in [0.3, 0.4) is 0 Å². The molecule has 0 aromatic heterocycles. The molecule has 0 unspecified atom stereocenters. The van der Waals surface area contributed by atoms with Crippen LogP contribution in [0.1, 0.15) is 11.1 Å². The average molecular weight is 206 g/mol. The maximum Gasteiger partial charge on any atom is 0.216 e. The average Bonchev–Trinajstić information content (AvgIpc) is 2.80. The summed E-state index contributed by atoms with van der Waals surface area (Å²) in [6, 6.07) is 8.10. The third-order valence-corrected chi connectivity index (χ3v) is 2.29. The normalized spacial score (nSPS) is 14.9. The highest BCUT2D eigenvalue weighted by Crippen LogP contribution is 2.10. The maximum absolute atomic E-state index is 5.37. The second-order valence-corrected chi connectivity index (χ2v) is 3.35.